The maximum Gasteiger partial charge on any atom is 0.142 e. The van der Waals surface area contributed by atoms with Crippen LogP contribution in [0.15, 0.2) is 12.1 Å². The molecular formula is C15H24N2O. The van der Waals surface area contributed by atoms with Crippen molar-refractivity contribution in [1.82, 2.24) is 5.32 Å². The second-order valence-electron chi connectivity index (χ2n) is 4.72. The Labute approximate surface area is 118 Å². The molecule has 0 spiro atoms. The lowest BCUT2D eigenvalue weighted by Gasteiger charge is -2.25. The molecule has 3 heteroatoms. The third-order valence-corrected chi connectivity index (χ3v) is 2.93. The molecule has 2 rings (SSSR count). The lowest BCUT2D eigenvalue weighted by Crippen LogP contribution is -2.27. The zero-order valence-electron chi connectivity index (χ0n) is 17.1. The van der Waals surface area contributed by atoms with E-state index in [1.807, 2.05) is 0 Å². The lowest BCUT2D eigenvalue weighted by atomic mass is 9.87. The molecule has 3 nitrogen and oxygen atoms in total. The Bertz CT molecular complexity index is 626. The van der Waals surface area contributed by atoms with Gasteiger partial charge < -0.3 is 15.8 Å². The normalized spacial score (nSPS) is 28.2. The van der Waals surface area contributed by atoms with E-state index < -0.39 is 25.0 Å². The van der Waals surface area contributed by atoms with E-state index in [0.717, 1.165) is 0 Å². The van der Waals surface area contributed by atoms with E-state index in [4.69, 9.17) is 18.7 Å². The zero-order valence-corrected chi connectivity index (χ0v) is 11.1. The van der Waals surface area contributed by atoms with E-state index in [9.17, 15) is 0 Å². The van der Waals surface area contributed by atoms with Gasteiger partial charge in [-0.25, -0.2) is 0 Å². The molecule has 0 saturated carbocycles. The molecule has 0 radical (unpaired) electrons. The predicted octanol–water partition coefficient (Wildman–Crippen LogP) is 2.83. The summed E-state index contributed by atoms with van der Waals surface area (Å²) in [5.74, 6) is -0.211. The summed E-state index contributed by atoms with van der Waals surface area (Å²) < 4.78 is 53.2. The van der Waals surface area contributed by atoms with E-state index in [0.29, 0.717) is 11.1 Å². The largest absolute Gasteiger partial charge is 0.489 e. The molecule has 0 aromatic heterocycles. The van der Waals surface area contributed by atoms with Gasteiger partial charge in [-0.3, -0.25) is 0 Å². The van der Waals surface area contributed by atoms with Gasteiger partial charge in [-0.05, 0) is 75.8 Å². The first-order valence-corrected chi connectivity index (χ1v) is 6.09. The van der Waals surface area contributed by atoms with E-state index in [1.54, 1.807) is 26.8 Å². The molecule has 1 aliphatic rings. The summed E-state index contributed by atoms with van der Waals surface area (Å²) >= 11 is 0. The first kappa shape index (κ1) is 7.39. The fourth-order valence-electron chi connectivity index (χ4n) is 2.09. The Kier molecular flexibility index (Phi) is 2.30. The first-order valence-electron chi connectivity index (χ1n) is 9.09. The van der Waals surface area contributed by atoms with Crippen LogP contribution in [0, 0.1) is 6.92 Å². The van der Waals surface area contributed by atoms with Crippen molar-refractivity contribution in [1.29, 1.82) is 0 Å². The monoisotopic (exact) mass is 254 g/mol. The topological polar surface area (TPSA) is 47.3 Å². The zero-order chi connectivity index (χ0) is 18.5. The van der Waals surface area contributed by atoms with Crippen molar-refractivity contribution >= 4 is 5.69 Å². The first-order chi connectivity index (χ1) is 10.7. The van der Waals surface area contributed by atoms with Crippen molar-refractivity contribution in [3.8, 4) is 5.75 Å². The van der Waals surface area contributed by atoms with Crippen LogP contribution in [0.3, 0.4) is 0 Å². The van der Waals surface area contributed by atoms with Crippen molar-refractivity contribution in [3.63, 3.8) is 0 Å². The number of piperidine rings is 1. The number of rotatable bonds is 3. The Morgan fingerprint density at radius 1 is 1.56 bits per heavy atom. The van der Waals surface area contributed by atoms with Crippen LogP contribution in [0.5, 0.6) is 5.75 Å². The predicted molar refractivity (Wildman–Crippen MR) is 76.2 cm³/mol. The highest BCUT2D eigenvalue weighted by atomic mass is 16.5. The van der Waals surface area contributed by atoms with Crippen molar-refractivity contribution in [2.75, 3.05) is 18.7 Å². The maximum absolute atomic E-state index is 8.18. The standard InChI is InChI=1S/C15H24N2O/c1-10(2)18-15-9-13(11(3)8-14(15)16)12-4-6-17-7-5-12/h8-10,12,17H,4-7,16H2,1-3H3/i6D2,7D2,8D,10D. The fourth-order valence-corrected chi connectivity index (χ4v) is 2.09. The Morgan fingerprint density at radius 2 is 2.22 bits per heavy atom. The second-order valence-corrected chi connectivity index (χ2v) is 4.72. The fraction of sp³-hybridized carbons (Fsp3) is 0.600. The molecule has 3 N–H and O–H groups in total. The van der Waals surface area contributed by atoms with Crippen LogP contribution in [-0.2, 0) is 0 Å². The number of hydrogen-bond acceptors (Lipinski definition) is 3. The van der Waals surface area contributed by atoms with E-state index in [1.165, 1.54) is 0 Å². The van der Waals surface area contributed by atoms with Crippen LogP contribution in [0.4, 0.5) is 5.69 Å². The lowest BCUT2D eigenvalue weighted by molar-refractivity contribution is 0.243. The number of nitrogens with one attached hydrogen (secondary N) is 1. The highest BCUT2D eigenvalue weighted by Gasteiger charge is 2.19. The minimum absolute atomic E-state index is 0.0754. The Morgan fingerprint density at radius 3 is 2.83 bits per heavy atom. The second kappa shape index (κ2) is 5.61. The number of nitrogen functional groups attached to an aromatic ring is 1. The summed E-state index contributed by atoms with van der Waals surface area (Å²) in [5, 5.41) is 2.36. The molecular weight excluding hydrogens is 224 g/mol. The van der Waals surface area contributed by atoms with Gasteiger partial charge in [0.15, 0.2) is 0 Å². The molecule has 100 valence electrons. The molecule has 0 amide bonds. The minimum Gasteiger partial charge on any atom is -0.489 e. The Balaban J connectivity index is 2.50. The highest BCUT2D eigenvalue weighted by Crippen LogP contribution is 2.34. The molecule has 0 aliphatic carbocycles. The molecule has 1 aliphatic heterocycles. The number of hydrogen-bond donors (Lipinski definition) is 2. The maximum atomic E-state index is 8.18. The number of benzene rings is 1. The molecule has 18 heavy (non-hydrogen) atoms. The number of nitrogens with two attached hydrogens (primary N) is 1. The SMILES string of the molecule is [2H]c1c(C)c(C2CC([2H])([2H])NC([2H])([2H])C2)cc(OC([2H])(C)C)c1N. The van der Waals surface area contributed by atoms with E-state index in [2.05, 4.69) is 5.32 Å². The van der Waals surface area contributed by atoms with Crippen LogP contribution >= 0.6 is 0 Å². The minimum atomic E-state index is -1.85. The van der Waals surface area contributed by atoms with Gasteiger partial charge in [0.1, 0.15) is 5.75 Å². The molecule has 1 heterocycles. The summed E-state index contributed by atoms with van der Waals surface area (Å²) in [7, 11) is 0. The van der Waals surface area contributed by atoms with Gasteiger partial charge in [0.25, 0.3) is 0 Å². The van der Waals surface area contributed by atoms with E-state index >= 15 is 0 Å². The summed E-state index contributed by atoms with van der Waals surface area (Å²) in [6.45, 7) is 1.13. The van der Waals surface area contributed by atoms with Gasteiger partial charge in [0.05, 0.1) is 14.5 Å². The average molecular weight is 254 g/mol. The molecule has 1 saturated heterocycles. The van der Waals surface area contributed by atoms with Crippen molar-refractivity contribution in [2.24, 2.45) is 0 Å². The van der Waals surface area contributed by atoms with Gasteiger partial charge in [0.2, 0.25) is 0 Å². The Hall–Kier alpha value is -1.22. The summed E-state index contributed by atoms with van der Waals surface area (Å²) in [5.41, 5.74) is 7.30. The van der Waals surface area contributed by atoms with E-state index in [-0.39, 0.29) is 30.3 Å². The van der Waals surface area contributed by atoms with Crippen LogP contribution in [-0.4, -0.2) is 19.1 Å². The summed E-state index contributed by atoms with van der Waals surface area (Å²) in [6, 6.07) is 1.70. The van der Waals surface area contributed by atoms with Gasteiger partial charge in [-0.1, -0.05) is 0 Å². The molecule has 1 aromatic rings. The third kappa shape index (κ3) is 2.96. The van der Waals surface area contributed by atoms with Crippen LogP contribution in [0.2, 0.25) is 0 Å². The number of ether oxygens (including phenoxy) is 1. The van der Waals surface area contributed by atoms with Gasteiger partial charge in [-0.15, -0.1) is 0 Å². The van der Waals surface area contributed by atoms with Gasteiger partial charge >= 0.3 is 0 Å². The molecule has 1 fully saturated rings. The quantitative estimate of drug-likeness (QED) is 0.815. The summed E-state index contributed by atoms with van der Waals surface area (Å²) in [6.07, 6.45) is -1.06. The molecule has 1 aromatic carbocycles. The average Bonchev–Trinajstić information content (AvgIpc) is 2.34. The molecule has 0 unspecified atom stereocenters. The van der Waals surface area contributed by atoms with Crippen LogP contribution in [0.1, 0.15) is 52.0 Å². The van der Waals surface area contributed by atoms with Gasteiger partial charge in [0, 0.05) is 5.48 Å². The van der Waals surface area contributed by atoms with Gasteiger partial charge in [-0.2, -0.15) is 0 Å². The molecule has 0 atom stereocenters. The molecule has 0 bridgehead atoms. The van der Waals surface area contributed by atoms with Crippen LogP contribution in [0.25, 0.3) is 0 Å². The van der Waals surface area contributed by atoms with Crippen LogP contribution < -0.4 is 15.8 Å². The number of anilines is 1. The van der Waals surface area contributed by atoms with Crippen molar-refractivity contribution < 1.29 is 13.0 Å². The third-order valence-electron chi connectivity index (χ3n) is 2.93. The van der Waals surface area contributed by atoms with Crippen molar-refractivity contribution in [2.45, 2.75) is 45.6 Å². The summed E-state index contributed by atoms with van der Waals surface area (Å²) in [4.78, 5) is 0. The highest BCUT2D eigenvalue weighted by molar-refractivity contribution is 5.57. The smallest absolute Gasteiger partial charge is 0.142 e. The van der Waals surface area contributed by atoms with Crippen molar-refractivity contribution in [3.05, 3.63) is 23.2 Å².